The summed E-state index contributed by atoms with van der Waals surface area (Å²) in [5, 5.41) is 0. The van der Waals surface area contributed by atoms with Crippen LogP contribution in [0.4, 0.5) is 4.39 Å². The predicted molar refractivity (Wildman–Crippen MR) is 81.0 cm³/mol. The number of carbonyl (C=O) groups is 2. The van der Waals surface area contributed by atoms with Gasteiger partial charge in [-0.1, -0.05) is 12.1 Å². The lowest BCUT2D eigenvalue weighted by Gasteiger charge is -2.21. The van der Waals surface area contributed by atoms with Crippen LogP contribution in [-0.2, 0) is 9.59 Å². The maximum absolute atomic E-state index is 13.2. The summed E-state index contributed by atoms with van der Waals surface area (Å²) >= 11 is 0. The molecule has 0 heterocycles. The lowest BCUT2D eigenvalue weighted by atomic mass is 10.1. The van der Waals surface area contributed by atoms with Crippen LogP contribution in [0.25, 0.3) is 5.57 Å². The highest BCUT2D eigenvalue weighted by Gasteiger charge is 2.15. The van der Waals surface area contributed by atoms with Crippen LogP contribution in [0.5, 0.6) is 0 Å². The van der Waals surface area contributed by atoms with Crippen molar-refractivity contribution in [3.63, 3.8) is 0 Å². The highest BCUT2D eigenvalue weighted by Crippen LogP contribution is 2.15. The summed E-state index contributed by atoms with van der Waals surface area (Å²) in [6.45, 7) is 4.03. The standard InChI is InChI=1S/C16H21FN2O2/c1-5-19(11-16(21)18(3)4)15(20)9-12(2)13-7-6-8-14(17)10-13/h6-10H,5,11H2,1-4H3. The van der Waals surface area contributed by atoms with E-state index in [1.54, 1.807) is 33.2 Å². The fourth-order valence-electron chi connectivity index (χ4n) is 1.74. The van der Waals surface area contributed by atoms with Crippen molar-refractivity contribution in [2.24, 2.45) is 0 Å². The summed E-state index contributed by atoms with van der Waals surface area (Å²) in [5.74, 6) is -0.737. The fraction of sp³-hybridized carbons (Fsp3) is 0.375. The average Bonchev–Trinajstić information content (AvgIpc) is 2.43. The molecule has 0 atom stereocenters. The average molecular weight is 292 g/mol. The van der Waals surface area contributed by atoms with Crippen molar-refractivity contribution in [2.45, 2.75) is 13.8 Å². The Balaban J connectivity index is 2.85. The van der Waals surface area contributed by atoms with Gasteiger partial charge in [-0.05, 0) is 37.1 Å². The molecular weight excluding hydrogens is 271 g/mol. The number of hydrogen-bond acceptors (Lipinski definition) is 2. The van der Waals surface area contributed by atoms with Gasteiger partial charge in [-0.15, -0.1) is 0 Å². The van der Waals surface area contributed by atoms with Crippen LogP contribution in [-0.4, -0.2) is 48.8 Å². The Morgan fingerprint density at radius 2 is 1.95 bits per heavy atom. The summed E-state index contributed by atoms with van der Waals surface area (Å²) in [7, 11) is 3.29. The molecule has 21 heavy (non-hydrogen) atoms. The molecule has 114 valence electrons. The number of allylic oxidation sites excluding steroid dienone is 1. The highest BCUT2D eigenvalue weighted by atomic mass is 19.1. The molecule has 0 saturated carbocycles. The molecular formula is C16H21FN2O2. The van der Waals surface area contributed by atoms with Gasteiger partial charge in [0.15, 0.2) is 0 Å². The van der Waals surface area contributed by atoms with E-state index in [0.717, 1.165) is 0 Å². The summed E-state index contributed by atoms with van der Waals surface area (Å²) < 4.78 is 13.2. The van der Waals surface area contributed by atoms with Crippen molar-refractivity contribution in [3.05, 3.63) is 41.7 Å². The van der Waals surface area contributed by atoms with E-state index in [0.29, 0.717) is 17.7 Å². The first-order valence-corrected chi connectivity index (χ1v) is 6.78. The first-order valence-electron chi connectivity index (χ1n) is 6.78. The number of carbonyl (C=O) groups excluding carboxylic acids is 2. The highest BCUT2D eigenvalue weighted by molar-refractivity contribution is 5.96. The van der Waals surface area contributed by atoms with E-state index in [9.17, 15) is 14.0 Å². The van der Waals surface area contributed by atoms with E-state index in [1.165, 1.54) is 28.0 Å². The Kier molecular flexibility index (Phi) is 6.09. The molecule has 0 unspecified atom stereocenters. The van der Waals surface area contributed by atoms with Gasteiger partial charge in [0.1, 0.15) is 5.82 Å². The van der Waals surface area contributed by atoms with E-state index < -0.39 is 0 Å². The van der Waals surface area contributed by atoms with Crippen LogP contribution >= 0.6 is 0 Å². The van der Waals surface area contributed by atoms with Gasteiger partial charge in [0.25, 0.3) is 0 Å². The number of halogens is 1. The largest absolute Gasteiger partial charge is 0.347 e. The van der Waals surface area contributed by atoms with E-state index in [4.69, 9.17) is 0 Å². The third-order valence-corrected chi connectivity index (χ3v) is 3.14. The number of rotatable bonds is 5. The number of likely N-dealkylation sites (N-methyl/N-ethyl adjacent to an activating group) is 2. The molecule has 5 heteroatoms. The van der Waals surface area contributed by atoms with Crippen molar-refractivity contribution in [2.75, 3.05) is 27.2 Å². The minimum absolute atomic E-state index is 0.0370. The topological polar surface area (TPSA) is 40.6 Å². The molecule has 0 radical (unpaired) electrons. The van der Waals surface area contributed by atoms with Crippen molar-refractivity contribution in [1.82, 2.24) is 9.80 Å². The van der Waals surface area contributed by atoms with E-state index in [2.05, 4.69) is 0 Å². The van der Waals surface area contributed by atoms with Gasteiger partial charge in [0.2, 0.25) is 11.8 Å². The molecule has 0 aromatic heterocycles. The number of nitrogens with zero attached hydrogens (tertiary/aromatic N) is 2. The van der Waals surface area contributed by atoms with Crippen LogP contribution in [0.3, 0.4) is 0 Å². The zero-order valence-corrected chi connectivity index (χ0v) is 12.9. The van der Waals surface area contributed by atoms with Crippen molar-refractivity contribution in [3.8, 4) is 0 Å². The molecule has 1 aromatic rings. The lowest BCUT2D eigenvalue weighted by molar-refractivity contribution is -0.136. The lowest BCUT2D eigenvalue weighted by Crippen LogP contribution is -2.39. The Bertz CT molecular complexity index is 553. The Morgan fingerprint density at radius 3 is 2.48 bits per heavy atom. The van der Waals surface area contributed by atoms with Gasteiger partial charge in [0, 0.05) is 26.7 Å². The molecule has 0 N–H and O–H groups in total. The van der Waals surface area contributed by atoms with Gasteiger partial charge >= 0.3 is 0 Å². The second-order valence-corrected chi connectivity index (χ2v) is 4.98. The molecule has 4 nitrogen and oxygen atoms in total. The molecule has 0 saturated heterocycles. The Hall–Kier alpha value is -2.17. The zero-order valence-electron chi connectivity index (χ0n) is 12.9. The summed E-state index contributed by atoms with van der Waals surface area (Å²) in [4.78, 5) is 26.8. The van der Waals surface area contributed by atoms with E-state index >= 15 is 0 Å². The smallest absolute Gasteiger partial charge is 0.247 e. The summed E-state index contributed by atoms with van der Waals surface area (Å²) in [5.41, 5.74) is 1.31. The quantitative estimate of drug-likeness (QED) is 0.780. The van der Waals surface area contributed by atoms with Crippen LogP contribution < -0.4 is 0 Å². The zero-order chi connectivity index (χ0) is 16.0. The van der Waals surface area contributed by atoms with Crippen molar-refractivity contribution >= 4 is 17.4 Å². The molecule has 0 aliphatic carbocycles. The third-order valence-electron chi connectivity index (χ3n) is 3.14. The van der Waals surface area contributed by atoms with E-state index in [-0.39, 0.29) is 24.2 Å². The predicted octanol–water partition coefficient (Wildman–Crippen LogP) is 2.17. The van der Waals surface area contributed by atoms with Crippen LogP contribution in [0.1, 0.15) is 19.4 Å². The number of benzene rings is 1. The van der Waals surface area contributed by atoms with Crippen LogP contribution in [0.15, 0.2) is 30.3 Å². The summed E-state index contributed by atoms with van der Waals surface area (Å²) in [6.07, 6.45) is 1.43. The molecule has 0 spiro atoms. The SMILES string of the molecule is CCN(CC(=O)N(C)C)C(=O)C=C(C)c1cccc(F)c1. The van der Waals surface area contributed by atoms with Crippen molar-refractivity contribution < 1.29 is 14.0 Å². The van der Waals surface area contributed by atoms with Gasteiger partial charge in [0.05, 0.1) is 6.54 Å². The molecule has 1 rings (SSSR count). The van der Waals surface area contributed by atoms with Gasteiger partial charge in [-0.25, -0.2) is 4.39 Å². The monoisotopic (exact) mass is 292 g/mol. The van der Waals surface area contributed by atoms with Gasteiger partial charge in [-0.2, -0.15) is 0 Å². The maximum atomic E-state index is 13.2. The maximum Gasteiger partial charge on any atom is 0.247 e. The summed E-state index contributed by atoms with van der Waals surface area (Å²) in [6, 6.07) is 6.07. The minimum Gasteiger partial charge on any atom is -0.347 e. The first kappa shape index (κ1) is 16.9. The normalized spacial score (nSPS) is 11.2. The minimum atomic E-state index is -0.345. The van der Waals surface area contributed by atoms with Crippen LogP contribution in [0, 0.1) is 5.82 Å². The second-order valence-electron chi connectivity index (χ2n) is 4.98. The van der Waals surface area contributed by atoms with Crippen molar-refractivity contribution in [1.29, 1.82) is 0 Å². The van der Waals surface area contributed by atoms with E-state index in [1.807, 2.05) is 6.92 Å². The Morgan fingerprint density at radius 1 is 1.29 bits per heavy atom. The second kappa shape index (κ2) is 7.57. The van der Waals surface area contributed by atoms with Crippen LogP contribution in [0.2, 0.25) is 0 Å². The van der Waals surface area contributed by atoms with Gasteiger partial charge in [-0.3, -0.25) is 9.59 Å². The molecule has 0 aliphatic heterocycles. The first-order chi connectivity index (χ1) is 9.85. The molecule has 0 bridgehead atoms. The molecule has 1 aromatic carbocycles. The molecule has 2 amide bonds. The molecule has 0 fully saturated rings. The molecule has 0 aliphatic rings. The fourth-order valence-corrected chi connectivity index (χ4v) is 1.74. The third kappa shape index (κ3) is 5.02. The van der Waals surface area contributed by atoms with Gasteiger partial charge < -0.3 is 9.80 Å². The number of hydrogen-bond donors (Lipinski definition) is 0. The number of amides is 2. The Labute approximate surface area is 124 Å².